The Kier molecular flexibility index (Phi) is 5.94. The molecule has 0 N–H and O–H groups in total. The molecule has 0 amide bonds. The molecule has 0 saturated carbocycles. The highest BCUT2D eigenvalue weighted by molar-refractivity contribution is 7.13. The molecule has 27 heavy (non-hydrogen) atoms. The number of rotatable bonds is 7. The highest BCUT2D eigenvalue weighted by atomic mass is 32.1. The van der Waals surface area contributed by atoms with Crippen molar-refractivity contribution >= 4 is 29.3 Å². The van der Waals surface area contributed by atoms with Crippen LogP contribution >= 0.6 is 11.3 Å². The van der Waals surface area contributed by atoms with Gasteiger partial charge in [0.15, 0.2) is 6.29 Å². The van der Waals surface area contributed by atoms with Gasteiger partial charge in [-0.25, -0.2) is 0 Å². The molecule has 3 aromatic rings. The van der Waals surface area contributed by atoms with Crippen LogP contribution in [0.4, 0.5) is 0 Å². The molecule has 3 rings (SSSR count). The second-order valence-electron chi connectivity index (χ2n) is 5.69. The predicted octanol–water partition coefficient (Wildman–Crippen LogP) is 5.18. The highest BCUT2D eigenvalue weighted by Gasteiger charge is 2.14. The van der Waals surface area contributed by atoms with Crippen LogP contribution in [0, 0.1) is 0 Å². The fourth-order valence-electron chi connectivity index (χ4n) is 2.88. The Balaban J connectivity index is 2.17. The van der Waals surface area contributed by atoms with Crippen LogP contribution in [0.25, 0.3) is 22.1 Å². The maximum absolute atomic E-state index is 12.0. The Hall–Kier alpha value is -3.05. The van der Waals surface area contributed by atoms with Gasteiger partial charge in [0.1, 0.15) is 17.2 Å². The topological polar surface area (TPSA) is 44.8 Å². The van der Waals surface area contributed by atoms with Crippen molar-refractivity contribution in [2.75, 3.05) is 21.3 Å². The third kappa shape index (κ3) is 3.88. The van der Waals surface area contributed by atoms with Gasteiger partial charge in [0.25, 0.3) is 0 Å². The molecule has 0 spiro atoms. The second-order valence-corrected chi connectivity index (χ2v) is 6.63. The maximum atomic E-state index is 12.0. The number of carbonyl (C=O) groups excluding carboxylic acids is 1. The van der Waals surface area contributed by atoms with Crippen molar-refractivity contribution in [1.29, 1.82) is 0 Å². The van der Waals surface area contributed by atoms with E-state index in [-0.39, 0.29) is 0 Å². The van der Waals surface area contributed by atoms with Crippen LogP contribution in [0.15, 0.2) is 53.9 Å². The number of aldehydes is 1. The van der Waals surface area contributed by atoms with Crippen LogP contribution in [0.1, 0.15) is 11.1 Å². The van der Waals surface area contributed by atoms with Gasteiger partial charge >= 0.3 is 0 Å². The van der Waals surface area contributed by atoms with E-state index in [9.17, 15) is 4.79 Å². The molecule has 5 heteroatoms. The Bertz CT molecular complexity index is 936. The van der Waals surface area contributed by atoms with E-state index in [1.807, 2.05) is 53.9 Å². The van der Waals surface area contributed by atoms with Crippen LogP contribution in [-0.4, -0.2) is 27.6 Å². The molecule has 138 valence electrons. The monoisotopic (exact) mass is 380 g/mol. The molecule has 0 fully saturated rings. The van der Waals surface area contributed by atoms with Gasteiger partial charge in [-0.2, -0.15) is 0 Å². The molecule has 0 saturated heterocycles. The molecular weight excluding hydrogens is 360 g/mol. The quantitative estimate of drug-likeness (QED) is 0.322. The van der Waals surface area contributed by atoms with Crippen molar-refractivity contribution in [3.63, 3.8) is 0 Å². The number of methoxy groups -OCH3 is 3. The third-order valence-corrected chi connectivity index (χ3v) is 5.13. The van der Waals surface area contributed by atoms with Gasteiger partial charge in [0.2, 0.25) is 0 Å². The SMILES string of the molecule is COc1ccc(-c2cccs2)cc1/C(C=O)=C/c1c(OC)cccc1OC. The minimum atomic E-state index is 0.480. The average molecular weight is 380 g/mol. The van der Waals surface area contributed by atoms with Gasteiger partial charge in [-0.15, -0.1) is 11.3 Å². The van der Waals surface area contributed by atoms with Crippen LogP contribution < -0.4 is 14.2 Å². The number of hydrogen-bond donors (Lipinski definition) is 0. The fourth-order valence-corrected chi connectivity index (χ4v) is 3.61. The zero-order valence-corrected chi connectivity index (χ0v) is 16.2. The molecule has 1 aromatic heterocycles. The lowest BCUT2D eigenvalue weighted by Crippen LogP contribution is -1.96. The van der Waals surface area contributed by atoms with Crippen LogP contribution in [0.5, 0.6) is 17.2 Å². The zero-order valence-electron chi connectivity index (χ0n) is 15.4. The minimum Gasteiger partial charge on any atom is -0.496 e. The van der Waals surface area contributed by atoms with Crippen molar-refractivity contribution in [3.8, 4) is 27.7 Å². The van der Waals surface area contributed by atoms with Gasteiger partial charge in [0.05, 0.1) is 26.9 Å². The van der Waals surface area contributed by atoms with E-state index in [0.717, 1.165) is 16.7 Å². The van der Waals surface area contributed by atoms with Crippen molar-refractivity contribution < 1.29 is 19.0 Å². The summed E-state index contributed by atoms with van der Waals surface area (Å²) in [6.45, 7) is 0. The van der Waals surface area contributed by atoms with Crippen molar-refractivity contribution in [3.05, 3.63) is 65.0 Å². The number of thiophene rings is 1. The number of benzene rings is 2. The van der Waals surface area contributed by atoms with Gasteiger partial charge in [-0.1, -0.05) is 12.1 Å². The van der Waals surface area contributed by atoms with E-state index >= 15 is 0 Å². The van der Waals surface area contributed by atoms with Crippen LogP contribution in [0.3, 0.4) is 0 Å². The average Bonchev–Trinajstić information content (AvgIpc) is 3.26. The summed E-state index contributed by atoms with van der Waals surface area (Å²) in [5.74, 6) is 1.88. The maximum Gasteiger partial charge on any atom is 0.150 e. The Labute approximate surface area is 162 Å². The number of ether oxygens (including phenoxy) is 3. The molecule has 0 aliphatic carbocycles. The van der Waals surface area contributed by atoms with Gasteiger partial charge in [-0.3, -0.25) is 4.79 Å². The van der Waals surface area contributed by atoms with E-state index in [4.69, 9.17) is 14.2 Å². The van der Waals surface area contributed by atoms with Crippen molar-refractivity contribution in [2.24, 2.45) is 0 Å². The third-order valence-electron chi connectivity index (χ3n) is 4.21. The summed E-state index contributed by atoms with van der Waals surface area (Å²) in [6.07, 6.45) is 2.59. The summed E-state index contributed by atoms with van der Waals surface area (Å²) in [4.78, 5) is 13.1. The summed E-state index contributed by atoms with van der Waals surface area (Å²) >= 11 is 1.65. The Morgan fingerprint density at radius 3 is 2.15 bits per heavy atom. The first-order valence-electron chi connectivity index (χ1n) is 8.32. The van der Waals surface area contributed by atoms with Crippen LogP contribution in [-0.2, 0) is 4.79 Å². The first kappa shape index (κ1) is 18.7. The number of carbonyl (C=O) groups is 1. The normalized spacial score (nSPS) is 11.1. The molecule has 4 nitrogen and oxygen atoms in total. The van der Waals surface area contributed by atoms with Gasteiger partial charge < -0.3 is 14.2 Å². The lowest BCUT2D eigenvalue weighted by atomic mass is 9.99. The fraction of sp³-hybridized carbons (Fsp3) is 0.136. The van der Waals surface area contributed by atoms with Gasteiger partial charge in [-0.05, 0) is 53.4 Å². The molecule has 0 unspecified atom stereocenters. The van der Waals surface area contributed by atoms with E-state index < -0.39 is 0 Å². The predicted molar refractivity (Wildman–Crippen MR) is 110 cm³/mol. The summed E-state index contributed by atoms with van der Waals surface area (Å²) in [5.41, 5.74) is 2.92. The molecular formula is C22H20O4S. The Morgan fingerprint density at radius 1 is 0.889 bits per heavy atom. The van der Waals surface area contributed by atoms with E-state index in [1.54, 1.807) is 38.7 Å². The minimum absolute atomic E-state index is 0.480. The molecule has 0 atom stereocenters. The molecule has 0 aliphatic heterocycles. The number of allylic oxidation sites excluding steroid dienone is 1. The standard InChI is InChI=1S/C22H20O4S/c1-24-19-6-4-7-20(25-2)18(19)13-16(14-23)17-12-15(9-10-21(17)26-3)22-8-5-11-27-22/h4-14H,1-3H3/b16-13+. The number of hydrogen-bond acceptors (Lipinski definition) is 5. The summed E-state index contributed by atoms with van der Waals surface area (Å²) in [5, 5.41) is 2.02. The van der Waals surface area contributed by atoms with Crippen molar-refractivity contribution in [1.82, 2.24) is 0 Å². The lowest BCUT2D eigenvalue weighted by Gasteiger charge is -2.13. The van der Waals surface area contributed by atoms with E-state index in [1.165, 1.54) is 0 Å². The lowest BCUT2D eigenvalue weighted by molar-refractivity contribution is -0.103. The molecule has 2 aromatic carbocycles. The summed E-state index contributed by atoms with van der Waals surface area (Å²) < 4.78 is 16.4. The van der Waals surface area contributed by atoms with E-state index in [0.29, 0.717) is 33.9 Å². The first-order valence-corrected chi connectivity index (χ1v) is 9.20. The summed E-state index contributed by atoms with van der Waals surface area (Å²) in [7, 11) is 4.77. The molecule has 0 bridgehead atoms. The smallest absolute Gasteiger partial charge is 0.150 e. The van der Waals surface area contributed by atoms with Crippen LogP contribution in [0.2, 0.25) is 0 Å². The second kappa shape index (κ2) is 8.56. The molecule has 0 aliphatic rings. The van der Waals surface area contributed by atoms with Crippen molar-refractivity contribution in [2.45, 2.75) is 0 Å². The molecule has 0 radical (unpaired) electrons. The molecule has 1 heterocycles. The Morgan fingerprint density at radius 2 is 1.59 bits per heavy atom. The first-order chi connectivity index (χ1) is 13.2. The zero-order chi connectivity index (χ0) is 19.2. The largest absolute Gasteiger partial charge is 0.496 e. The van der Waals surface area contributed by atoms with Gasteiger partial charge in [0, 0.05) is 16.0 Å². The van der Waals surface area contributed by atoms with E-state index in [2.05, 4.69) is 0 Å². The summed E-state index contributed by atoms with van der Waals surface area (Å²) in [6, 6.07) is 15.4. The highest BCUT2D eigenvalue weighted by Crippen LogP contribution is 2.36.